The van der Waals surface area contributed by atoms with E-state index < -0.39 is 47.4 Å². The molecule has 4 aromatic rings. The van der Waals surface area contributed by atoms with Crippen molar-refractivity contribution in [3.63, 3.8) is 0 Å². The molecule has 0 spiro atoms. The van der Waals surface area contributed by atoms with Crippen LogP contribution in [0.2, 0.25) is 0 Å². The van der Waals surface area contributed by atoms with E-state index in [2.05, 4.69) is 25.1 Å². The minimum absolute atomic E-state index is 0.0454. The summed E-state index contributed by atoms with van der Waals surface area (Å²) in [6.07, 6.45) is -8.27. The number of carbonyl (C=O) groups excluding carboxylic acids is 2. The molecule has 3 amide bonds. The molecule has 2 heterocycles. The van der Waals surface area contributed by atoms with E-state index in [0.29, 0.717) is 23.0 Å². The number of rotatable bonds is 7. The summed E-state index contributed by atoms with van der Waals surface area (Å²) in [5, 5.41) is 6.12. The molecular weight excluding hydrogens is 685 g/mol. The van der Waals surface area contributed by atoms with Gasteiger partial charge in [-0.3, -0.25) is 9.69 Å². The summed E-state index contributed by atoms with van der Waals surface area (Å²) in [5.74, 6) is -2.42. The Morgan fingerprint density at radius 3 is 2.45 bits per heavy atom. The van der Waals surface area contributed by atoms with Gasteiger partial charge in [-0.15, -0.1) is 18.3 Å². The third-order valence-electron chi connectivity index (χ3n) is 6.05. The quantitative estimate of drug-likeness (QED) is 0.157. The maximum atomic E-state index is 15.0. The van der Waals surface area contributed by atoms with E-state index >= 15 is 4.39 Å². The second-order valence-corrected chi connectivity index (χ2v) is 11.3. The van der Waals surface area contributed by atoms with Gasteiger partial charge in [0.1, 0.15) is 23.6 Å². The number of aromatic nitrogens is 3. The number of ether oxygens (including phenoxy) is 2. The third-order valence-corrected chi connectivity index (χ3v) is 7.40. The monoisotopic (exact) mass is 702 g/mol. The van der Waals surface area contributed by atoms with E-state index in [0.717, 1.165) is 23.1 Å². The zero-order chi connectivity index (χ0) is 34.1. The van der Waals surface area contributed by atoms with Crippen LogP contribution in [-0.2, 0) is 4.79 Å². The fourth-order valence-corrected chi connectivity index (χ4v) is 5.24. The maximum Gasteiger partial charge on any atom is 0.573 e. The van der Waals surface area contributed by atoms with Gasteiger partial charge in [-0.1, -0.05) is 29.4 Å². The lowest BCUT2D eigenvalue weighted by Crippen LogP contribution is -2.32. The summed E-state index contributed by atoms with van der Waals surface area (Å²) in [4.78, 5) is 34.4. The number of hydrogen-bond acceptors (Lipinski definition) is 7. The summed E-state index contributed by atoms with van der Waals surface area (Å²) >= 11 is 6.72. The number of nitrogens with zero attached hydrogens (tertiary/aromatic N) is 5. The molecule has 0 saturated carbocycles. The van der Waals surface area contributed by atoms with Gasteiger partial charge in [-0.05, 0) is 67.1 Å². The first-order valence-corrected chi connectivity index (χ1v) is 14.3. The molecule has 5 rings (SSSR count). The van der Waals surface area contributed by atoms with Crippen LogP contribution in [0.15, 0.2) is 72.0 Å². The van der Waals surface area contributed by atoms with Crippen molar-refractivity contribution in [2.45, 2.75) is 24.2 Å². The van der Waals surface area contributed by atoms with Gasteiger partial charge in [0.2, 0.25) is 0 Å². The van der Waals surface area contributed by atoms with Crippen molar-refractivity contribution in [3.8, 4) is 28.6 Å². The van der Waals surface area contributed by atoms with Crippen LogP contribution in [0.25, 0.3) is 17.1 Å². The number of alkyl halides is 7. The molecule has 1 N–H and O–H groups in total. The van der Waals surface area contributed by atoms with Crippen molar-refractivity contribution in [1.82, 2.24) is 14.8 Å². The molecule has 10 nitrogen and oxygen atoms in total. The van der Waals surface area contributed by atoms with Gasteiger partial charge < -0.3 is 14.8 Å². The highest BCUT2D eigenvalue weighted by Gasteiger charge is 2.40. The van der Waals surface area contributed by atoms with Crippen molar-refractivity contribution in [2.24, 2.45) is 4.99 Å². The number of nitrogens with one attached hydrogen (secondary N) is 1. The van der Waals surface area contributed by atoms with Crippen molar-refractivity contribution < 1.29 is 49.8 Å². The van der Waals surface area contributed by atoms with Crippen molar-refractivity contribution in [1.29, 1.82) is 0 Å². The van der Waals surface area contributed by atoms with Crippen LogP contribution in [-0.4, -0.2) is 55.7 Å². The number of thioether (sulfide) groups is 1. The largest absolute Gasteiger partial charge is 0.573 e. The number of anilines is 2. The highest BCUT2D eigenvalue weighted by molar-refractivity contribution is 8.17. The molecule has 0 radical (unpaired) electrons. The number of aliphatic imine (C=N–C) groups is 1. The Hall–Kier alpha value is -4.84. The van der Waals surface area contributed by atoms with Crippen LogP contribution in [0.3, 0.4) is 0 Å². The SMILES string of the molecule is Cc1ccc(OCC(F)(F)F)c(N2C(=O)C(Cl)S/C2=N\C(=O)Nc2ccc(-c3ncn(-c4ccc(OC(F)(F)F)cc4)n3)cc2F)c1. The molecule has 1 saturated heterocycles. The molecule has 1 aromatic heterocycles. The first-order valence-electron chi connectivity index (χ1n) is 13.0. The Balaban J connectivity index is 1.32. The highest BCUT2D eigenvalue weighted by Crippen LogP contribution is 2.40. The number of benzene rings is 3. The van der Waals surface area contributed by atoms with Crippen LogP contribution in [0.4, 0.5) is 46.9 Å². The molecule has 1 aliphatic rings. The predicted octanol–water partition coefficient (Wildman–Crippen LogP) is 7.45. The first kappa shape index (κ1) is 33.5. The van der Waals surface area contributed by atoms with Gasteiger partial charge in [0.15, 0.2) is 22.3 Å². The minimum atomic E-state index is -4.85. The Labute approximate surface area is 269 Å². The predicted molar refractivity (Wildman–Crippen MR) is 157 cm³/mol. The van der Waals surface area contributed by atoms with Crippen LogP contribution in [0.1, 0.15) is 5.56 Å². The number of halogens is 8. The number of aryl methyl sites for hydroxylation is 1. The molecule has 1 fully saturated rings. The third kappa shape index (κ3) is 8.31. The van der Waals surface area contributed by atoms with Gasteiger partial charge in [-0.2, -0.15) is 18.2 Å². The standard InChI is InChI=1S/C28H18ClF7N6O4S/c1-14-2-9-21(45-12-27(31,32)33)20(10-14)42-24(43)22(29)47-26(42)39-25(44)38-19-8-3-15(11-18(19)30)23-37-13-41(40-23)16-4-6-17(7-5-16)46-28(34,35)36/h2-11,13,22H,12H2,1H3,(H,38,44)/b39-26-. The van der Waals surface area contributed by atoms with E-state index in [1.54, 1.807) is 6.92 Å². The second kappa shape index (κ2) is 13.1. The van der Waals surface area contributed by atoms with Crippen LogP contribution < -0.4 is 19.7 Å². The molecule has 0 bridgehead atoms. The van der Waals surface area contributed by atoms with Crippen LogP contribution >= 0.6 is 23.4 Å². The van der Waals surface area contributed by atoms with Crippen LogP contribution in [0, 0.1) is 12.7 Å². The Morgan fingerprint density at radius 1 is 1.06 bits per heavy atom. The lowest BCUT2D eigenvalue weighted by molar-refractivity contribution is -0.274. The van der Waals surface area contributed by atoms with E-state index in [9.17, 15) is 35.9 Å². The van der Waals surface area contributed by atoms with Crippen LogP contribution in [0.5, 0.6) is 11.5 Å². The molecule has 0 aliphatic carbocycles. The summed E-state index contributed by atoms with van der Waals surface area (Å²) in [5.41, 5.74) is 0.615. The smallest absolute Gasteiger partial charge is 0.482 e. The second-order valence-electron chi connectivity index (χ2n) is 9.56. The number of amidine groups is 1. The summed E-state index contributed by atoms with van der Waals surface area (Å²) < 4.78 is 99.4. The highest BCUT2D eigenvalue weighted by atomic mass is 35.5. The van der Waals surface area contributed by atoms with Gasteiger partial charge in [0.05, 0.1) is 17.1 Å². The molecule has 246 valence electrons. The average molecular weight is 703 g/mol. The minimum Gasteiger partial charge on any atom is -0.482 e. The van der Waals surface area contributed by atoms with E-state index in [-0.39, 0.29) is 33.7 Å². The van der Waals surface area contributed by atoms with Gasteiger partial charge in [0, 0.05) is 5.56 Å². The van der Waals surface area contributed by atoms with E-state index in [4.69, 9.17) is 16.3 Å². The van der Waals surface area contributed by atoms with Crippen molar-refractivity contribution in [2.75, 3.05) is 16.8 Å². The maximum absolute atomic E-state index is 15.0. The fourth-order valence-electron chi connectivity index (χ4n) is 4.08. The van der Waals surface area contributed by atoms with Gasteiger partial charge in [0.25, 0.3) is 5.91 Å². The zero-order valence-corrected chi connectivity index (χ0v) is 25.0. The Bertz CT molecular complexity index is 1850. The van der Waals surface area contributed by atoms with Crippen molar-refractivity contribution in [3.05, 3.63) is 78.4 Å². The summed E-state index contributed by atoms with van der Waals surface area (Å²) in [6.45, 7) is -0.0262. The normalized spacial score (nSPS) is 16.1. The summed E-state index contributed by atoms with van der Waals surface area (Å²) in [6, 6.07) is 11.3. The summed E-state index contributed by atoms with van der Waals surface area (Å²) in [7, 11) is 0. The lowest BCUT2D eigenvalue weighted by Gasteiger charge is -2.21. The average Bonchev–Trinajstić information content (AvgIpc) is 3.57. The topological polar surface area (TPSA) is 111 Å². The molecule has 3 aromatic carbocycles. The van der Waals surface area contributed by atoms with Gasteiger partial charge in [-0.25, -0.2) is 18.9 Å². The Morgan fingerprint density at radius 2 is 1.79 bits per heavy atom. The molecule has 1 atom stereocenters. The van der Waals surface area contributed by atoms with Crippen molar-refractivity contribution >= 4 is 51.8 Å². The number of amides is 3. The molecular formula is C28H18ClF7N6O4S. The molecule has 1 unspecified atom stereocenters. The molecule has 1 aliphatic heterocycles. The Kier molecular flexibility index (Phi) is 9.35. The van der Waals surface area contributed by atoms with E-state index in [1.165, 1.54) is 53.5 Å². The fraction of sp³-hybridized carbons (Fsp3) is 0.179. The van der Waals surface area contributed by atoms with E-state index in [1.807, 2.05) is 0 Å². The number of hydrogen-bond donors (Lipinski definition) is 1. The molecule has 19 heteroatoms. The zero-order valence-electron chi connectivity index (χ0n) is 23.4. The number of urea groups is 1. The first-order chi connectivity index (χ1) is 22.1. The lowest BCUT2D eigenvalue weighted by atomic mass is 10.2. The van der Waals surface area contributed by atoms with Gasteiger partial charge >= 0.3 is 18.6 Å². The molecule has 47 heavy (non-hydrogen) atoms. The number of carbonyl (C=O) groups is 2.